The highest BCUT2D eigenvalue weighted by Gasteiger charge is 2.14. The van der Waals surface area contributed by atoms with E-state index in [1.54, 1.807) is 25.3 Å². The molecule has 0 saturated carbocycles. The summed E-state index contributed by atoms with van der Waals surface area (Å²) in [6.07, 6.45) is 3.33. The molecule has 0 spiro atoms. The molecule has 20 heavy (non-hydrogen) atoms. The summed E-state index contributed by atoms with van der Waals surface area (Å²) in [6, 6.07) is 3.35. The Kier molecular flexibility index (Phi) is 6.57. The number of rotatable bonds is 7. The number of hydrogen-bond acceptors (Lipinski definition) is 4. The zero-order valence-corrected chi connectivity index (χ0v) is 13.9. The Hall–Kier alpha value is -0.990. The van der Waals surface area contributed by atoms with E-state index in [0.29, 0.717) is 36.2 Å². The molecular formula is C12H18BrN3O3S. The SMILES string of the molecule is CCN(CCCNC(=O)c1cccnc1Br)S(C)(=O)=O. The van der Waals surface area contributed by atoms with E-state index in [-0.39, 0.29) is 5.91 Å². The first kappa shape index (κ1) is 17.1. The van der Waals surface area contributed by atoms with Gasteiger partial charge < -0.3 is 5.32 Å². The molecule has 1 heterocycles. The number of sulfonamides is 1. The standard InChI is InChI=1S/C12H18BrN3O3S/c1-3-16(20(2,18)19)9-5-8-15-12(17)10-6-4-7-14-11(10)13/h4,6-7H,3,5,8-9H2,1-2H3,(H,15,17). The highest BCUT2D eigenvalue weighted by molar-refractivity contribution is 9.10. The zero-order chi connectivity index (χ0) is 15.2. The molecule has 1 rings (SSSR count). The molecule has 0 unspecified atom stereocenters. The van der Waals surface area contributed by atoms with Crippen LogP contribution in [0.2, 0.25) is 0 Å². The van der Waals surface area contributed by atoms with Crippen molar-refractivity contribution in [1.29, 1.82) is 0 Å². The molecule has 1 aromatic heterocycles. The van der Waals surface area contributed by atoms with E-state index in [4.69, 9.17) is 0 Å². The van der Waals surface area contributed by atoms with E-state index in [1.165, 1.54) is 10.6 Å². The number of carbonyl (C=O) groups excluding carboxylic acids is 1. The number of halogens is 1. The summed E-state index contributed by atoms with van der Waals surface area (Å²) < 4.78 is 24.6. The molecular weight excluding hydrogens is 346 g/mol. The molecule has 8 heteroatoms. The first-order valence-electron chi connectivity index (χ1n) is 6.20. The van der Waals surface area contributed by atoms with Gasteiger partial charge >= 0.3 is 0 Å². The fourth-order valence-corrected chi connectivity index (χ4v) is 3.03. The second kappa shape index (κ2) is 7.70. The summed E-state index contributed by atoms with van der Waals surface area (Å²) in [6.45, 7) is 3.02. The van der Waals surface area contributed by atoms with Crippen LogP contribution in [0.15, 0.2) is 22.9 Å². The van der Waals surface area contributed by atoms with Gasteiger partial charge in [0.1, 0.15) is 4.60 Å². The Labute approximate surface area is 127 Å². The minimum atomic E-state index is -3.17. The highest BCUT2D eigenvalue weighted by atomic mass is 79.9. The number of carbonyl (C=O) groups is 1. The van der Waals surface area contributed by atoms with Crippen LogP contribution in [0.3, 0.4) is 0 Å². The average molecular weight is 364 g/mol. The summed E-state index contributed by atoms with van der Waals surface area (Å²) in [7, 11) is -3.17. The van der Waals surface area contributed by atoms with Crippen LogP contribution in [-0.2, 0) is 10.0 Å². The van der Waals surface area contributed by atoms with Gasteiger partial charge in [0.25, 0.3) is 5.91 Å². The third-order valence-electron chi connectivity index (χ3n) is 2.70. The van der Waals surface area contributed by atoms with Crippen LogP contribution in [0.5, 0.6) is 0 Å². The minimum Gasteiger partial charge on any atom is -0.352 e. The second-order valence-corrected chi connectivity index (χ2v) is 6.94. The number of nitrogens with zero attached hydrogens (tertiary/aromatic N) is 2. The lowest BCUT2D eigenvalue weighted by Crippen LogP contribution is -2.33. The molecule has 0 aliphatic heterocycles. The van der Waals surface area contributed by atoms with Crippen molar-refractivity contribution in [2.45, 2.75) is 13.3 Å². The minimum absolute atomic E-state index is 0.229. The molecule has 0 fully saturated rings. The van der Waals surface area contributed by atoms with Gasteiger partial charge in [-0.05, 0) is 34.5 Å². The van der Waals surface area contributed by atoms with Crippen molar-refractivity contribution in [3.05, 3.63) is 28.5 Å². The van der Waals surface area contributed by atoms with Crippen LogP contribution in [0.1, 0.15) is 23.7 Å². The Morgan fingerprint density at radius 2 is 2.20 bits per heavy atom. The maximum absolute atomic E-state index is 11.9. The lowest BCUT2D eigenvalue weighted by Gasteiger charge is -2.17. The molecule has 1 amide bonds. The Morgan fingerprint density at radius 1 is 1.50 bits per heavy atom. The van der Waals surface area contributed by atoms with Crippen LogP contribution < -0.4 is 5.32 Å². The maximum Gasteiger partial charge on any atom is 0.254 e. The van der Waals surface area contributed by atoms with Gasteiger partial charge in [-0.1, -0.05) is 6.92 Å². The molecule has 0 aliphatic rings. The smallest absolute Gasteiger partial charge is 0.254 e. The molecule has 0 radical (unpaired) electrons. The van der Waals surface area contributed by atoms with Crippen molar-refractivity contribution in [1.82, 2.24) is 14.6 Å². The molecule has 1 N–H and O–H groups in total. The van der Waals surface area contributed by atoms with Gasteiger partial charge in [-0.3, -0.25) is 4.79 Å². The van der Waals surface area contributed by atoms with Crippen molar-refractivity contribution in [2.75, 3.05) is 25.9 Å². The quantitative estimate of drug-likeness (QED) is 0.583. The number of hydrogen-bond donors (Lipinski definition) is 1. The fourth-order valence-electron chi connectivity index (χ4n) is 1.67. The van der Waals surface area contributed by atoms with Crippen LogP contribution in [0.4, 0.5) is 0 Å². The van der Waals surface area contributed by atoms with Crippen molar-refractivity contribution >= 4 is 31.9 Å². The monoisotopic (exact) mass is 363 g/mol. The van der Waals surface area contributed by atoms with Crippen LogP contribution in [0.25, 0.3) is 0 Å². The lowest BCUT2D eigenvalue weighted by atomic mass is 10.2. The van der Waals surface area contributed by atoms with Crippen LogP contribution in [0, 0.1) is 0 Å². The van der Waals surface area contributed by atoms with Crippen LogP contribution in [-0.4, -0.2) is 49.5 Å². The highest BCUT2D eigenvalue weighted by Crippen LogP contribution is 2.11. The fraction of sp³-hybridized carbons (Fsp3) is 0.500. The van der Waals surface area contributed by atoms with E-state index in [2.05, 4.69) is 26.2 Å². The molecule has 112 valence electrons. The summed E-state index contributed by atoms with van der Waals surface area (Å²) in [5.74, 6) is -0.229. The normalized spacial score (nSPS) is 11.6. The molecule has 6 nitrogen and oxygen atoms in total. The van der Waals surface area contributed by atoms with Gasteiger partial charge in [-0.2, -0.15) is 0 Å². The van der Waals surface area contributed by atoms with E-state index >= 15 is 0 Å². The molecule has 0 bridgehead atoms. The molecule has 0 atom stereocenters. The van der Waals surface area contributed by atoms with Crippen molar-refractivity contribution in [2.24, 2.45) is 0 Å². The molecule has 0 aromatic carbocycles. The largest absolute Gasteiger partial charge is 0.352 e. The number of amides is 1. The predicted molar refractivity (Wildman–Crippen MR) is 81.0 cm³/mol. The molecule has 0 aliphatic carbocycles. The van der Waals surface area contributed by atoms with E-state index < -0.39 is 10.0 Å². The topological polar surface area (TPSA) is 79.4 Å². The van der Waals surface area contributed by atoms with Gasteiger partial charge in [0.2, 0.25) is 10.0 Å². The van der Waals surface area contributed by atoms with Gasteiger partial charge in [0.05, 0.1) is 11.8 Å². The zero-order valence-electron chi connectivity index (χ0n) is 11.5. The van der Waals surface area contributed by atoms with Gasteiger partial charge in [0.15, 0.2) is 0 Å². The Bertz CT molecular complexity index is 563. The summed E-state index contributed by atoms with van der Waals surface area (Å²) >= 11 is 3.21. The number of nitrogens with one attached hydrogen (secondary N) is 1. The van der Waals surface area contributed by atoms with Gasteiger partial charge in [-0.15, -0.1) is 0 Å². The first-order chi connectivity index (χ1) is 9.36. The summed E-state index contributed by atoms with van der Waals surface area (Å²) in [5, 5.41) is 2.74. The molecule has 0 saturated heterocycles. The van der Waals surface area contributed by atoms with Crippen molar-refractivity contribution in [3.8, 4) is 0 Å². The summed E-state index contributed by atoms with van der Waals surface area (Å²) in [4.78, 5) is 15.8. The average Bonchev–Trinajstić information content (AvgIpc) is 2.37. The van der Waals surface area contributed by atoms with Gasteiger partial charge in [-0.25, -0.2) is 17.7 Å². The van der Waals surface area contributed by atoms with E-state index in [1.807, 2.05) is 0 Å². The Morgan fingerprint density at radius 3 is 2.75 bits per heavy atom. The number of aromatic nitrogens is 1. The van der Waals surface area contributed by atoms with Crippen molar-refractivity contribution < 1.29 is 13.2 Å². The third-order valence-corrected chi connectivity index (χ3v) is 4.71. The summed E-state index contributed by atoms with van der Waals surface area (Å²) in [5.41, 5.74) is 0.461. The lowest BCUT2D eigenvalue weighted by molar-refractivity contribution is 0.0951. The third kappa shape index (κ3) is 5.18. The first-order valence-corrected chi connectivity index (χ1v) is 8.84. The van der Waals surface area contributed by atoms with Gasteiger partial charge in [0, 0.05) is 25.8 Å². The Balaban J connectivity index is 2.42. The second-order valence-electron chi connectivity index (χ2n) is 4.21. The maximum atomic E-state index is 11.9. The van der Waals surface area contributed by atoms with Crippen LogP contribution >= 0.6 is 15.9 Å². The van der Waals surface area contributed by atoms with Crippen molar-refractivity contribution in [3.63, 3.8) is 0 Å². The van der Waals surface area contributed by atoms with E-state index in [0.717, 1.165) is 0 Å². The predicted octanol–water partition coefficient (Wildman–Crippen LogP) is 1.25. The van der Waals surface area contributed by atoms with E-state index in [9.17, 15) is 13.2 Å². The molecule has 1 aromatic rings. The number of pyridine rings is 1.